The Morgan fingerprint density at radius 1 is 1.13 bits per heavy atom. The third kappa shape index (κ3) is 3.53. The molecule has 0 bridgehead atoms. The van der Waals surface area contributed by atoms with Crippen LogP contribution in [0, 0.1) is 0 Å². The van der Waals surface area contributed by atoms with Crippen LogP contribution in [0.4, 0.5) is 18.9 Å². The van der Waals surface area contributed by atoms with Crippen molar-refractivity contribution in [1.29, 1.82) is 0 Å². The molecule has 0 aliphatic heterocycles. The van der Waals surface area contributed by atoms with Gasteiger partial charge in [-0.25, -0.2) is 0 Å². The molecule has 23 heavy (non-hydrogen) atoms. The molecule has 2 atom stereocenters. The number of nitrogens with one attached hydrogen (secondary N) is 1. The molecule has 2 aromatic carbocycles. The number of nitrogens with two attached hydrogens (primary N) is 1. The van der Waals surface area contributed by atoms with E-state index in [1.807, 2.05) is 12.1 Å². The van der Waals surface area contributed by atoms with E-state index in [2.05, 4.69) is 5.32 Å². The van der Waals surface area contributed by atoms with Crippen molar-refractivity contribution in [2.24, 2.45) is 5.73 Å². The van der Waals surface area contributed by atoms with Crippen molar-refractivity contribution < 1.29 is 18.0 Å². The smallest absolute Gasteiger partial charge is 0.327 e. The molecule has 0 saturated heterocycles. The molecule has 1 saturated carbocycles. The van der Waals surface area contributed by atoms with E-state index < -0.39 is 17.6 Å². The highest BCUT2D eigenvalue weighted by Gasteiger charge is 2.34. The molecule has 1 amide bonds. The fraction of sp³-hybridized carbons (Fsp3) is 0.235. The summed E-state index contributed by atoms with van der Waals surface area (Å²) in [6.07, 6.45) is -3.52. The van der Waals surface area contributed by atoms with Crippen LogP contribution in [-0.4, -0.2) is 11.9 Å². The molecule has 2 unspecified atom stereocenters. The zero-order chi connectivity index (χ0) is 16.6. The van der Waals surface area contributed by atoms with Crippen LogP contribution in [-0.2, 0) is 6.18 Å². The number of anilines is 1. The number of halogens is 3. The quantitative estimate of drug-likeness (QED) is 0.904. The average Bonchev–Trinajstić information content (AvgIpc) is 3.24. The van der Waals surface area contributed by atoms with Gasteiger partial charge in [-0.3, -0.25) is 4.79 Å². The molecule has 2 aromatic rings. The Balaban J connectivity index is 1.71. The number of amides is 1. The average molecular weight is 320 g/mol. The summed E-state index contributed by atoms with van der Waals surface area (Å²) in [7, 11) is 0. The maximum absolute atomic E-state index is 12.7. The van der Waals surface area contributed by atoms with Crippen LogP contribution in [0.3, 0.4) is 0 Å². The largest absolute Gasteiger partial charge is 0.416 e. The van der Waals surface area contributed by atoms with E-state index in [0.717, 1.165) is 24.1 Å². The first-order valence-electron chi connectivity index (χ1n) is 7.19. The van der Waals surface area contributed by atoms with Gasteiger partial charge in [-0.05, 0) is 42.3 Å². The van der Waals surface area contributed by atoms with Gasteiger partial charge >= 0.3 is 6.18 Å². The topological polar surface area (TPSA) is 55.1 Å². The van der Waals surface area contributed by atoms with E-state index in [4.69, 9.17) is 5.73 Å². The van der Waals surface area contributed by atoms with Crippen molar-refractivity contribution in [1.82, 2.24) is 0 Å². The Morgan fingerprint density at radius 2 is 1.78 bits per heavy atom. The lowest BCUT2D eigenvalue weighted by molar-refractivity contribution is -0.137. The van der Waals surface area contributed by atoms with Crippen LogP contribution in [0.25, 0.3) is 0 Å². The normalized spacial score (nSPS) is 20.2. The van der Waals surface area contributed by atoms with Gasteiger partial charge in [-0.1, -0.05) is 18.2 Å². The Bertz CT molecular complexity index is 725. The van der Waals surface area contributed by atoms with E-state index in [1.54, 1.807) is 12.1 Å². The molecule has 0 aromatic heterocycles. The standard InChI is InChI=1S/C17H15F3N2O/c18-17(19,20)12-3-1-2-11(8-12)16(23)22-13-6-4-10(5-7-13)14-9-15(14)21/h1-8,14-15H,9,21H2,(H,22,23). The lowest BCUT2D eigenvalue weighted by atomic mass is 10.1. The second kappa shape index (κ2) is 5.70. The molecular formula is C17H15F3N2O. The zero-order valence-electron chi connectivity index (χ0n) is 12.1. The summed E-state index contributed by atoms with van der Waals surface area (Å²) in [5.41, 5.74) is 6.54. The second-order valence-electron chi connectivity index (χ2n) is 5.66. The molecule has 3 N–H and O–H groups in total. The molecular weight excluding hydrogens is 305 g/mol. The summed E-state index contributed by atoms with van der Waals surface area (Å²) < 4.78 is 38.0. The Morgan fingerprint density at radius 3 is 2.35 bits per heavy atom. The summed E-state index contributed by atoms with van der Waals surface area (Å²) in [6, 6.07) is 11.7. The first-order valence-corrected chi connectivity index (χ1v) is 7.19. The van der Waals surface area contributed by atoms with E-state index in [-0.39, 0.29) is 11.6 Å². The van der Waals surface area contributed by atoms with Crippen LogP contribution >= 0.6 is 0 Å². The second-order valence-corrected chi connectivity index (χ2v) is 5.66. The lowest BCUT2D eigenvalue weighted by Crippen LogP contribution is -2.14. The van der Waals surface area contributed by atoms with Gasteiger partial charge in [0.2, 0.25) is 0 Å². The number of rotatable bonds is 3. The maximum Gasteiger partial charge on any atom is 0.416 e. The van der Waals surface area contributed by atoms with Crippen molar-refractivity contribution in [3.05, 3.63) is 65.2 Å². The van der Waals surface area contributed by atoms with E-state index >= 15 is 0 Å². The summed E-state index contributed by atoms with van der Waals surface area (Å²) in [4.78, 5) is 12.1. The number of carbonyl (C=O) groups excluding carboxylic acids is 1. The van der Waals surface area contributed by atoms with Crippen molar-refractivity contribution >= 4 is 11.6 Å². The summed E-state index contributed by atoms with van der Waals surface area (Å²) in [5, 5.41) is 2.60. The first kappa shape index (κ1) is 15.6. The predicted molar refractivity (Wildman–Crippen MR) is 81.2 cm³/mol. The number of hydrogen-bond donors (Lipinski definition) is 2. The monoisotopic (exact) mass is 320 g/mol. The molecule has 6 heteroatoms. The van der Waals surface area contributed by atoms with Gasteiger partial charge in [0.15, 0.2) is 0 Å². The Labute approximate surface area is 131 Å². The lowest BCUT2D eigenvalue weighted by Gasteiger charge is -2.09. The number of alkyl halides is 3. The van der Waals surface area contributed by atoms with Crippen LogP contribution in [0.1, 0.15) is 33.8 Å². The van der Waals surface area contributed by atoms with E-state index in [1.165, 1.54) is 12.1 Å². The summed E-state index contributed by atoms with van der Waals surface area (Å²) >= 11 is 0. The Hall–Kier alpha value is -2.34. The highest BCUT2D eigenvalue weighted by atomic mass is 19.4. The van der Waals surface area contributed by atoms with E-state index in [0.29, 0.717) is 11.6 Å². The van der Waals surface area contributed by atoms with Gasteiger partial charge in [0.25, 0.3) is 5.91 Å². The molecule has 0 heterocycles. The molecule has 1 aliphatic carbocycles. The molecule has 3 nitrogen and oxygen atoms in total. The number of carbonyl (C=O) groups is 1. The number of benzene rings is 2. The zero-order valence-corrected chi connectivity index (χ0v) is 12.1. The van der Waals surface area contributed by atoms with Gasteiger partial charge in [-0.15, -0.1) is 0 Å². The van der Waals surface area contributed by atoms with Crippen molar-refractivity contribution in [3.8, 4) is 0 Å². The minimum absolute atomic E-state index is 0.0342. The van der Waals surface area contributed by atoms with Gasteiger partial charge in [0.05, 0.1) is 5.56 Å². The molecule has 1 aliphatic rings. The number of hydrogen-bond acceptors (Lipinski definition) is 2. The third-order valence-electron chi connectivity index (χ3n) is 3.89. The first-order chi connectivity index (χ1) is 10.8. The van der Waals surface area contributed by atoms with Crippen LogP contribution in [0.5, 0.6) is 0 Å². The third-order valence-corrected chi connectivity index (χ3v) is 3.89. The fourth-order valence-corrected chi connectivity index (χ4v) is 2.45. The predicted octanol–water partition coefficient (Wildman–Crippen LogP) is 3.77. The van der Waals surface area contributed by atoms with Crippen LogP contribution in [0.15, 0.2) is 48.5 Å². The van der Waals surface area contributed by atoms with Crippen molar-refractivity contribution in [2.75, 3.05) is 5.32 Å². The molecule has 3 rings (SSSR count). The van der Waals surface area contributed by atoms with Gasteiger partial charge in [-0.2, -0.15) is 13.2 Å². The summed E-state index contributed by atoms with van der Waals surface area (Å²) in [5.74, 6) is -0.213. The van der Waals surface area contributed by atoms with Crippen LogP contribution < -0.4 is 11.1 Å². The SMILES string of the molecule is NC1CC1c1ccc(NC(=O)c2cccc(C(F)(F)F)c2)cc1. The molecule has 1 fully saturated rings. The molecule has 0 radical (unpaired) electrons. The fourth-order valence-electron chi connectivity index (χ4n) is 2.45. The van der Waals surface area contributed by atoms with Gasteiger partial charge in [0.1, 0.15) is 0 Å². The minimum Gasteiger partial charge on any atom is -0.327 e. The molecule has 0 spiro atoms. The molecule has 120 valence electrons. The highest BCUT2D eigenvalue weighted by Crippen LogP contribution is 2.39. The minimum atomic E-state index is -4.47. The Kier molecular flexibility index (Phi) is 3.85. The van der Waals surface area contributed by atoms with Crippen molar-refractivity contribution in [3.63, 3.8) is 0 Å². The summed E-state index contributed by atoms with van der Waals surface area (Å²) in [6.45, 7) is 0. The van der Waals surface area contributed by atoms with Gasteiger partial charge < -0.3 is 11.1 Å². The van der Waals surface area contributed by atoms with Crippen molar-refractivity contribution in [2.45, 2.75) is 24.6 Å². The van der Waals surface area contributed by atoms with E-state index in [9.17, 15) is 18.0 Å². The highest BCUT2D eigenvalue weighted by molar-refractivity contribution is 6.04. The van der Waals surface area contributed by atoms with Gasteiger partial charge in [0, 0.05) is 23.2 Å². The van der Waals surface area contributed by atoms with Crippen LogP contribution in [0.2, 0.25) is 0 Å². The maximum atomic E-state index is 12.7.